The minimum atomic E-state index is 0.230. The lowest BCUT2D eigenvalue weighted by Gasteiger charge is -1.99. The predicted octanol–water partition coefficient (Wildman–Crippen LogP) is 1.40. The molecule has 6 heteroatoms. The Morgan fingerprint density at radius 2 is 2.07 bits per heavy atom. The molecule has 1 heterocycles. The first-order valence-corrected chi connectivity index (χ1v) is 4.69. The van der Waals surface area contributed by atoms with Crippen LogP contribution in [0.25, 0.3) is 11.4 Å². The van der Waals surface area contributed by atoms with E-state index in [-0.39, 0.29) is 5.95 Å². The van der Waals surface area contributed by atoms with Crippen molar-refractivity contribution < 1.29 is 0 Å². The number of nitrogen functional groups attached to an aromatic ring is 2. The minimum absolute atomic E-state index is 0.230. The molecule has 0 bridgehead atoms. The maximum absolute atomic E-state index is 5.65. The van der Waals surface area contributed by atoms with E-state index in [1.165, 1.54) is 0 Å². The Morgan fingerprint density at radius 1 is 1.29 bits per heavy atom. The van der Waals surface area contributed by atoms with Crippen LogP contribution in [-0.4, -0.2) is 15.2 Å². The Kier molecular flexibility index (Phi) is 2.12. The van der Waals surface area contributed by atoms with E-state index in [0.717, 1.165) is 10.0 Å². The quantitative estimate of drug-likeness (QED) is 0.670. The first kappa shape index (κ1) is 9.01. The Bertz CT molecular complexity index is 465. The fourth-order valence-electron chi connectivity index (χ4n) is 1.08. The molecule has 0 fully saturated rings. The first-order chi connectivity index (χ1) is 6.66. The van der Waals surface area contributed by atoms with Gasteiger partial charge in [-0.25, -0.2) is 0 Å². The van der Waals surface area contributed by atoms with Crippen molar-refractivity contribution >= 4 is 27.6 Å². The fraction of sp³-hybridized carbons (Fsp3) is 0. The molecule has 0 aliphatic heterocycles. The molecule has 0 radical (unpaired) electrons. The average molecular weight is 254 g/mol. The SMILES string of the molecule is Nc1n[nH]c(-c2ccc(N)c(Br)c2)n1. The highest BCUT2D eigenvalue weighted by Gasteiger charge is 2.04. The van der Waals surface area contributed by atoms with Gasteiger partial charge < -0.3 is 11.5 Å². The standard InChI is InChI=1S/C8H8BrN5/c9-5-3-4(1-2-6(5)10)7-12-8(11)14-13-7/h1-3H,10H2,(H3,11,12,13,14). The highest BCUT2D eigenvalue weighted by atomic mass is 79.9. The van der Waals surface area contributed by atoms with Crippen LogP contribution in [-0.2, 0) is 0 Å². The number of nitrogens with zero attached hydrogens (tertiary/aromatic N) is 2. The molecule has 0 saturated carbocycles. The summed E-state index contributed by atoms with van der Waals surface area (Å²) in [5.74, 6) is 0.858. The van der Waals surface area contributed by atoms with Gasteiger partial charge in [-0.3, -0.25) is 5.10 Å². The third-order valence-corrected chi connectivity index (χ3v) is 2.46. The van der Waals surface area contributed by atoms with Crippen LogP contribution in [0.1, 0.15) is 0 Å². The van der Waals surface area contributed by atoms with Crippen LogP contribution in [0.4, 0.5) is 11.6 Å². The molecular weight excluding hydrogens is 246 g/mol. The number of anilines is 2. The molecule has 0 aliphatic rings. The molecule has 2 rings (SSSR count). The van der Waals surface area contributed by atoms with Gasteiger partial charge in [0.05, 0.1) is 0 Å². The summed E-state index contributed by atoms with van der Waals surface area (Å²) in [7, 11) is 0. The number of benzene rings is 1. The van der Waals surface area contributed by atoms with Gasteiger partial charge in [0.25, 0.3) is 0 Å². The molecule has 0 unspecified atom stereocenters. The minimum Gasteiger partial charge on any atom is -0.398 e. The van der Waals surface area contributed by atoms with E-state index >= 15 is 0 Å². The Balaban J connectivity index is 2.47. The van der Waals surface area contributed by atoms with Crippen LogP contribution >= 0.6 is 15.9 Å². The lowest BCUT2D eigenvalue weighted by molar-refractivity contribution is 1.10. The van der Waals surface area contributed by atoms with Crippen LogP contribution in [0.2, 0.25) is 0 Å². The van der Waals surface area contributed by atoms with Gasteiger partial charge in [0.15, 0.2) is 5.82 Å². The molecule has 0 spiro atoms. The number of rotatable bonds is 1. The molecule has 14 heavy (non-hydrogen) atoms. The van der Waals surface area contributed by atoms with E-state index in [9.17, 15) is 0 Å². The van der Waals surface area contributed by atoms with Crippen molar-refractivity contribution in [3.63, 3.8) is 0 Å². The summed E-state index contributed by atoms with van der Waals surface area (Å²) in [4.78, 5) is 4.00. The first-order valence-electron chi connectivity index (χ1n) is 3.90. The van der Waals surface area contributed by atoms with Crippen LogP contribution in [0.5, 0.6) is 0 Å². The molecule has 0 amide bonds. The topological polar surface area (TPSA) is 93.6 Å². The van der Waals surface area contributed by atoms with E-state index in [0.29, 0.717) is 11.5 Å². The predicted molar refractivity (Wildman–Crippen MR) is 58.3 cm³/mol. The van der Waals surface area contributed by atoms with Crippen molar-refractivity contribution in [1.29, 1.82) is 0 Å². The number of halogens is 1. The van der Waals surface area contributed by atoms with Crippen LogP contribution in [0.15, 0.2) is 22.7 Å². The second-order valence-electron chi connectivity index (χ2n) is 2.78. The van der Waals surface area contributed by atoms with Crippen molar-refractivity contribution in [1.82, 2.24) is 15.2 Å². The van der Waals surface area contributed by atoms with Gasteiger partial charge in [-0.1, -0.05) is 0 Å². The lowest BCUT2D eigenvalue weighted by atomic mass is 10.2. The van der Waals surface area contributed by atoms with Crippen LogP contribution in [0.3, 0.4) is 0 Å². The van der Waals surface area contributed by atoms with Gasteiger partial charge in [-0.2, -0.15) is 4.98 Å². The average Bonchev–Trinajstić information content (AvgIpc) is 2.57. The summed E-state index contributed by atoms with van der Waals surface area (Å²) >= 11 is 3.33. The van der Waals surface area contributed by atoms with Crippen molar-refractivity contribution in [3.05, 3.63) is 22.7 Å². The summed E-state index contributed by atoms with van der Waals surface area (Å²) in [5.41, 5.74) is 12.6. The molecule has 1 aromatic heterocycles. The zero-order chi connectivity index (χ0) is 10.1. The van der Waals surface area contributed by atoms with Gasteiger partial charge in [0.1, 0.15) is 0 Å². The summed E-state index contributed by atoms with van der Waals surface area (Å²) in [5, 5.41) is 6.46. The maximum atomic E-state index is 5.65. The van der Waals surface area contributed by atoms with E-state index in [2.05, 4.69) is 31.1 Å². The van der Waals surface area contributed by atoms with Crippen molar-refractivity contribution in [3.8, 4) is 11.4 Å². The zero-order valence-corrected chi connectivity index (χ0v) is 8.75. The summed E-state index contributed by atoms with van der Waals surface area (Å²) < 4.78 is 0.824. The molecular formula is C8H8BrN5. The fourth-order valence-corrected chi connectivity index (χ4v) is 1.46. The Hall–Kier alpha value is -1.56. The Morgan fingerprint density at radius 3 is 2.64 bits per heavy atom. The van der Waals surface area contributed by atoms with Gasteiger partial charge in [-0.05, 0) is 34.1 Å². The normalized spacial score (nSPS) is 10.4. The largest absolute Gasteiger partial charge is 0.398 e. The van der Waals surface area contributed by atoms with Gasteiger partial charge in [-0.15, -0.1) is 5.10 Å². The molecule has 2 aromatic rings. The second-order valence-corrected chi connectivity index (χ2v) is 3.63. The third kappa shape index (κ3) is 1.56. The molecule has 0 aliphatic carbocycles. The van der Waals surface area contributed by atoms with E-state index in [1.54, 1.807) is 6.07 Å². The lowest BCUT2D eigenvalue weighted by Crippen LogP contribution is -1.88. The Labute approximate surface area is 88.7 Å². The zero-order valence-electron chi connectivity index (χ0n) is 7.16. The third-order valence-electron chi connectivity index (χ3n) is 1.78. The van der Waals surface area contributed by atoms with E-state index in [1.807, 2.05) is 12.1 Å². The van der Waals surface area contributed by atoms with Gasteiger partial charge in [0.2, 0.25) is 5.95 Å². The number of nitrogens with one attached hydrogen (secondary N) is 1. The van der Waals surface area contributed by atoms with Crippen molar-refractivity contribution in [2.45, 2.75) is 0 Å². The summed E-state index contributed by atoms with van der Waals surface area (Å²) in [6.45, 7) is 0. The number of aromatic amines is 1. The van der Waals surface area contributed by atoms with Crippen LogP contribution in [0, 0.1) is 0 Å². The van der Waals surface area contributed by atoms with E-state index < -0.39 is 0 Å². The summed E-state index contributed by atoms with van der Waals surface area (Å²) in [6.07, 6.45) is 0. The molecule has 72 valence electrons. The number of H-pyrrole nitrogens is 1. The second kappa shape index (κ2) is 3.30. The molecule has 0 atom stereocenters. The number of hydrogen-bond donors (Lipinski definition) is 3. The number of hydrogen-bond acceptors (Lipinski definition) is 4. The highest BCUT2D eigenvalue weighted by Crippen LogP contribution is 2.25. The van der Waals surface area contributed by atoms with Gasteiger partial charge >= 0.3 is 0 Å². The maximum Gasteiger partial charge on any atom is 0.239 e. The number of nitrogens with two attached hydrogens (primary N) is 2. The molecule has 1 aromatic carbocycles. The number of aromatic nitrogens is 3. The van der Waals surface area contributed by atoms with E-state index in [4.69, 9.17) is 11.5 Å². The molecule has 5 nitrogen and oxygen atoms in total. The molecule has 5 N–H and O–H groups in total. The van der Waals surface area contributed by atoms with Crippen molar-refractivity contribution in [2.24, 2.45) is 0 Å². The van der Waals surface area contributed by atoms with Crippen LogP contribution < -0.4 is 11.5 Å². The summed E-state index contributed by atoms with van der Waals surface area (Å²) in [6, 6.07) is 5.49. The smallest absolute Gasteiger partial charge is 0.239 e. The monoisotopic (exact) mass is 253 g/mol. The highest BCUT2D eigenvalue weighted by molar-refractivity contribution is 9.10. The van der Waals surface area contributed by atoms with Gasteiger partial charge in [0, 0.05) is 15.7 Å². The molecule has 0 saturated heterocycles. The van der Waals surface area contributed by atoms with Crippen molar-refractivity contribution in [2.75, 3.05) is 11.5 Å².